The molecular formula is C11H18N4O3. The lowest BCUT2D eigenvalue weighted by molar-refractivity contribution is -0.122. The molecule has 0 unspecified atom stereocenters. The SMILES string of the molecule is CCC[C@@H](N)C(=O)NCCn1cnc(C(=O)O)c1. The van der Waals surface area contributed by atoms with Gasteiger partial charge in [-0.3, -0.25) is 4.79 Å². The maximum absolute atomic E-state index is 11.5. The van der Waals surface area contributed by atoms with Crippen LogP contribution in [-0.4, -0.2) is 39.1 Å². The lowest BCUT2D eigenvalue weighted by atomic mass is 10.2. The van der Waals surface area contributed by atoms with Crippen molar-refractivity contribution >= 4 is 11.9 Å². The number of carboxylic acids is 1. The molecule has 1 heterocycles. The van der Waals surface area contributed by atoms with Gasteiger partial charge in [0.15, 0.2) is 5.69 Å². The van der Waals surface area contributed by atoms with Crippen LogP contribution in [0.4, 0.5) is 0 Å². The maximum Gasteiger partial charge on any atom is 0.356 e. The molecule has 0 aliphatic rings. The summed E-state index contributed by atoms with van der Waals surface area (Å²) >= 11 is 0. The van der Waals surface area contributed by atoms with Crippen LogP contribution in [0.15, 0.2) is 12.5 Å². The van der Waals surface area contributed by atoms with Crippen LogP contribution >= 0.6 is 0 Å². The normalized spacial score (nSPS) is 12.1. The molecule has 1 amide bonds. The second kappa shape index (κ2) is 6.75. The van der Waals surface area contributed by atoms with Gasteiger partial charge in [-0.15, -0.1) is 0 Å². The summed E-state index contributed by atoms with van der Waals surface area (Å²) in [4.78, 5) is 25.8. The van der Waals surface area contributed by atoms with Gasteiger partial charge in [0.2, 0.25) is 5.91 Å². The van der Waals surface area contributed by atoms with Gasteiger partial charge in [-0.2, -0.15) is 0 Å². The number of nitrogens with two attached hydrogens (primary N) is 1. The molecule has 0 saturated carbocycles. The van der Waals surface area contributed by atoms with Crippen LogP contribution in [0.1, 0.15) is 30.3 Å². The van der Waals surface area contributed by atoms with E-state index in [0.717, 1.165) is 6.42 Å². The Hall–Kier alpha value is -1.89. The number of carbonyl (C=O) groups is 2. The molecule has 0 saturated heterocycles. The Morgan fingerprint density at radius 3 is 2.89 bits per heavy atom. The van der Waals surface area contributed by atoms with E-state index in [9.17, 15) is 9.59 Å². The van der Waals surface area contributed by atoms with Crippen molar-refractivity contribution in [1.82, 2.24) is 14.9 Å². The number of aromatic carboxylic acids is 1. The average Bonchev–Trinajstić information content (AvgIpc) is 2.78. The fourth-order valence-corrected chi connectivity index (χ4v) is 1.47. The minimum absolute atomic E-state index is 0.0102. The highest BCUT2D eigenvalue weighted by Crippen LogP contribution is 1.96. The molecule has 0 aliphatic heterocycles. The van der Waals surface area contributed by atoms with Crippen LogP contribution in [-0.2, 0) is 11.3 Å². The Kier molecular flexibility index (Phi) is 5.31. The quantitative estimate of drug-likeness (QED) is 0.625. The Morgan fingerprint density at radius 1 is 1.61 bits per heavy atom. The van der Waals surface area contributed by atoms with Crippen LogP contribution in [0.2, 0.25) is 0 Å². The van der Waals surface area contributed by atoms with Gasteiger partial charge in [-0.1, -0.05) is 13.3 Å². The van der Waals surface area contributed by atoms with Crippen LogP contribution < -0.4 is 11.1 Å². The van der Waals surface area contributed by atoms with E-state index >= 15 is 0 Å². The van der Waals surface area contributed by atoms with Crippen molar-refractivity contribution in [2.24, 2.45) is 5.73 Å². The Morgan fingerprint density at radius 2 is 2.33 bits per heavy atom. The third kappa shape index (κ3) is 4.17. The van der Waals surface area contributed by atoms with Crippen molar-refractivity contribution in [3.63, 3.8) is 0 Å². The van der Waals surface area contributed by atoms with E-state index in [4.69, 9.17) is 10.8 Å². The molecule has 1 aromatic rings. The summed E-state index contributed by atoms with van der Waals surface area (Å²) in [5, 5.41) is 11.4. The topological polar surface area (TPSA) is 110 Å². The number of nitrogens with one attached hydrogen (secondary N) is 1. The molecule has 7 nitrogen and oxygen atoms in total. The first-order valence-corrected chi connectivity index (χ1v) is 5.83. The summed E-state index contributed by atoms with van der Waals surface area (Å²) in [5.74, 6) is -1.25. The molecule has 0 aliphatic carbocycles. The van der Waals surface area contributed by atoms with Crippen LogP contribution in [0.3, 0.4) is 0 Å². The van der Waals surface area contributed by atoms with Crippen molar-refractivity contribution in [2.75, 3.05) is 6.54 Å². The van der Waals surface area contributed by atoms with E-state index in [1.165, 1.54) is 12.5 Å². The number of carboxylic acid groups (broad SMARTS) is 1. The monoisotopic (exact) mass is 254 g/mol. The number of amides is 1. The second-order valence-corrected chi connectivity index (χ2v) is 3.99. The predicted octanol–water partition coefficient (Wildman–Crippen LogP) is -0.175. The van der Waals surface area contributed by atoms with Crippen molar-refractivity contribution in [3.05, 3.63) is 18.2 Å². The van der Waals surface area contributed by atoms with Gasteiger partial charge in [0.25, 0.3) is 0 Å². The first-order chi connectivity index (χ1) is 8.54. The van der Waals surface area contributed by atoms with Gasteiger partial charge in [0.05, 0.1) is 12.4 Å². The highest BCUT2D eigenvalue weighted by Gasteiger charge is 2.11. The number of hydrogen-bond acceptors (Lipinski definition) is 4. The zero-order valence-corrected chi connectivity index (χ0v) is 10.3. The van der Waals surface area contributed by atoms with E-state index in [1.54, 1.807) is 4.57 Å². The predicted molar refractivity (Wildman–Crippen MR) is 65.1 cm³/mol. The second-order valence-electron chi connectivity index (χ2n) is 3.99. The number of carbonyl (C=O) groups excluding carboxylic acids is 1. The third-order valence-electron chi connectivity index (χ3n) is 2.46. The Balaban J connectivity index is 2.32. The van der Waals surface area contributed by atoms with Crippen LogP contribution in [0.25, 0.3) is 0 Å². The van der Waals surface area contributed by atoms with E-state index in [-0.39, 0.29) is 11.6 Å². The summed E-state index contributed by atoms with van der Waals surface area (Å²) in [6.07, 6.45) is 4.35. The summed E-state index contributed by atoms with van der Waals surface area (Å²) in [6, 6.07) is -0.479. The van der Waals surface area contributed by atoms with E-state index < -0.39 is 12.0 Å². The van der Waals surface area contributed by atoms with Gasteiger partial charge in [-0.25, -0.2) is 9.78 Å². The number of rotatable bonds is 7. The zero-order chi connectivity index (χ0) is 13.5. The smallest absolute Gasteiger partial charge is 0.356 e. The summed E-state index contributed by atoms with van der Waals surface area (Å²) in [5.41, 5.74) is 5.63. The molecule has 0 radical (unpaired) electrons. The van der Waals surface area contributed by atoms with E-state index in [0.29, 0.717) is 19.5 Å². The van der Waals surface area contributed by atoms with Crippen LogP contribution in [0, 0.1) is 0 Å². The van der Waals surface area contributed by atoms with Crippen molar-refractivity contribution < 1.29 is 14.7 Å². The van der Waals surface area contributed by atoms with Crippen molar-refractivity contribution in [2.45, 2.75) is 32.4 Å². The molecule has 1 aromatic heterocycles. The number of imidazole rings is 1. The molecule has 1 atom stereocenters. The first kappa shape index (κ1) is 14.2. The minimum atomic E-state index is -1.07. The Bertz CT molecular complexity index is 416. The third-order valence-corrected chi connectivity index (χ3v) is 2.46. The fraction of sp³-hybridized carbons (Fsp3) is 0.545. The van der Waals surface area contributed by atoms with E-state index in [2.05, 4.69) is 10.3 Å². The van der Waals surface area contributed by atoms with Crippen LogP contribution in [0.5, 0.6) is 0 Å². The van der Waals surface area contributed by atoms with Gasteiger partial charge < -0.3 is 20.7 Å². The lowest BCUT2D eigenvalue weighted by Gasteiger charge is -2.11. The molecular weight excluding hydrogens is 236 g/mol. The van der Waals surface area contributed by atoms with Gasteiger partial charge in [0.1, 0.15) is 0 Å². The highest BCUT2D eigenvalue weighted by atomic mass is 16.4. The van der Waals surface area contributed by atoms with E-state index in [1.807, 2.05) is 6.92 Å². The number of aromatic nitrogens is 2. The number of hydrogen-bond donors (Lipinski definition) is 3. The largest absolute Gasteiger partial charge is 0.476 e. The van der Waals surface area contributed by atoms with Crippen molar-refractivity contribution in [1.29, 1.82) is 0 Å². The molecule has 0 bridgehead atoms. The van der Waals surface area contributed by atoms with Gasteiger partial charge >= 0.3 is 5.97 Å². The van der Waals surface area contributed by atoms with Crippen molar-refractivity contribution in [3.8, 4) is 0 Å². The summed E-state index contributed by atoms with van der Waals surface area (Å²) in [6.45, 7) is 2.82. The Labute approximate surface area is 105 Å². The molecule has 1 rings (SSSR count). The highest BCUT2D eigenvalue weighted by molar-refractivity contribution is 5.84. The summed E-state index contributed by atoms with van der Waals surface area (Å²) in [7, 11) is 0. The van der Waals surface area contributed by atoms with Gasteiger partial charge in [0, 0.05) is 19.3 Å². The summed E-state index contributed by atoms with van der Waals surface area (Å²) < 4.78 is 1.61. The standard InChI is InChI=1S/C11H18N4O3/c1-2-3-8(12)10(16)13-4-5-15-6-9(11(17)18)14-7-15/h6-8H,2-5,12H2,1H3,(H,13,16)(H,17,18)/t8-/m1/s1. The molecule has 7 heteroatoms. The molecule has 18 heavy (non-hydrogen) atoms. The molecule has 4 N–H and O–H groups in total. The first-order valence-electron chi connectivity index (χ1n) is 5.83. The zero-order valence-electron chi connectivity index (χ0n) is 10.3. The molecule has 0 aromatic carbocycles. The fourth-order valence-electron chi connectivity index (χ4n) is 1.47. The van der Waals surface area contributed by atoms with Gasteiger partial charge in [-0.05, 0) is 6.42 Å². The lowest BCUT2D eigenvalue weighted by Crippen LogP contribution is -2.41. The number of nitrogens with zero attached hydrogens (tertiary/aromatic N) is 2. The minimum Gasteiger partial charge on any atom is -0.476 e. The maximum atomic E-state index is 11.5. The molecule has 0 spiro atoms. The molecule has 100 valence electrons. The average molecular weight is 254 g/mol. The molecule has 0 fully saturated rings.